The fourth-order valence-corrected chi connectivity index (χ4v) is 3.05. The van der Waals surface area contributed by atoms with Crippen molar-refractivity contribution in [2.75, 3.05) is 11.4 Å². The van der Waals surface area contributed by atoms with E-state index in [4.69, 9.17) is 0 Å². The number of fused-ring (bicyclic) bond motifs is 1. The quantitative estimate of drug-likeness (QED) is 0.805. The van der Waals surface area contributed by atoms with Gasteiger partial charge in [-0.2, -0.15) is 0 Å². The number of rotatable bonds is 3. The van der Waals surface area contributed by atoms with Crippen LogP contribution in [0.5, 0.6) is 0 Å². The molecule has 100 valence electrons. The van der Waals surface area contributed by atoms with Crippen molar-refractivity contribution in [1.82, 2.24) is 14.8 Å². The van der Waals surface area contributed by atoms with Gasteiger partial charge in [-0.3, -0.25) is 4.57 Å². The van der Waals surface area contributed by atoms with Crippen molar-refractivity contribution in [3.63, 3.8) is 0 Å². The van der Waals surface area contributed by atoms with Crippen molar-refractivity contribution >= 4 is 23.4 Å². The summed E-state index contributed by atoms with van der Waals surface area (Å²) in [7, 11) is 0. The maximum absolute atomic E-state index is 4.35. The predicted molar refractivity (Wildman–Crippen MR) is 79.2 cm³/mol. The Labute approximate surface area is 117 Å². The summed E-state index contributed by atoms with van der Waals surface area (Å²) in [6.07, 6.45) is 0. The first-order valence-corrected chi connectivity index (χ1v) is 7.47. The SMILES string of the molecule is Cc1ccc(N2CCn3c(SC(C)C)nnc32)cc1. The molecule has 1 aromatic carbocycles. The van der Waals surface area contributed by atoms with Crippen LogP contribution in [0, 0.1) is 6.92 Å². The Balaban J connectivity index is 1.90. The van der Waals surface area contributed by atoms with E-state index >= 15 is 0 Å². The average molecular weight is 274 g/mol. The molecule has 0 N–H and O–H groups in total. The molecular formula is C14H18N4S. The van der Waals surface area contributed by atoms with Gasteiger partial charge in [0.25, 0.3) is 0 Å². The first-order chi connectivity index (χ1) is 9.15. The molecule has 0 atom stereocenters. The Morgan fingerprint density at radius 3 is 2.53 bits per heavy atom. The van der Waals surface area contributed by atoms with E-state index in [1.54, 1.807) is 11.8 Å². The number of benzene rings is 1. The van der Waals surface area contributed by atoms with Crippen LogP contribution < -0.4 is 4.90 Å². The van der Waals surface area contributed by atoms with Gasteiger partial charge in [-0.25, -0.2) is 0 Å². The molecule has 1 aliphatic heterocycles. The number of aryl methyl sites for hydroxylation is 1. The molecule has 0 amide bonds. The first-order valence-electron chi connectivity index (χ1n) is 6.59. The molecule has 2 heterocycles. The van der Waals surface area contributed by atoms with Gasteiger partial charge < -0.3 is 4.90 Å². The van der Waals surface area contributed by atoms with Gasteiger partial charge in [0.05, 0.1) is 0 Å². The lowest BCUT2D eigenvalue weighted by Crippen LogP contribution is -2.14. The maximum atomic E-state index is 4.35. The molecule has 0 spiro atoms. The molecule has 0 aliphatic carbocycles. The van der Waals surface area contributed by atoms with Crippen molar-refractivity contribution in [2.24, 2.45) is 0 Å². The van der Waals surface area contributed by atoms with Crippen LogP contribution in [-0.4, -0.2) is 26.6 Å². The largest absolute Gasteiger partial charge is 0.309 e. The molecule has 1 aliphatic rings. The standard InChI is InChI=1S/C14H18N4S/c1-10(2)19-14-16-15-13-17(8-9-18(13)14)12-6-4-11(3)5-7-12/h4-7,10H,8-9H2,1-3H3. The van der Waals surface area contributed by atoms with E-state index in [-0.39, 0.29) is 0 Å². The molecule has 4 nitrogen and oxygen atoms in total. The van der Waals surface area contributed by atoms with E-state index in [0.29, 0.717) is 5.25 Å². The van der Waals surface area contributed by atoms with E-state index in [9.17, 15) is 0 Å². The number of anilines is 2. The van der Waals surface area contributed by atoms with Crippen molar-refractivity contribution in [1.29, 1.82) is 0 Å². The number of hydrogen-bond donors (Lipinski definition) is 0. The summed E-state index contributed by atoms with van der Waals surface area (Å²) in [5.74, 6) is 0.965. The van der Waals surface area contributed by atoms with E-state index < -0.39 is 0 Å². The van der Waals surface area contributed by atoms with Gasteiger partial charge in [-0.1, -0.05) is 43.3 Å². The van der Waals surface area contributed by atoms with E-state index in [1.807, 2.05) is 0 Å². The van der Waals surface area contributed by atoms with Gasteiger partial charge in [-0.05, 0) is 19.1 Å². The minimum atomic E-state index is 0.529. The maximum Gasteiger partial charge on any atom is 0.232 e. The van der Waals surface area contributed by atoms with Crippen LogP contribution in [0.15, 0.2) is 29.4 Å². The highest BCUT2D eigenvalue weighted by atomic mass is 32.2. The van der Waals surface area contributed by atoms with E-state index in [0.717, 1.165) is 24.2 Å². The van der Waals surface area contributed by atoms with Crippen LogP contribution in [0.2, 0.25) is 0 Å². The summed E-state index contributed by atoms with van der Waals surface area (Å²) in [5, 5.41) is 10.2. The molecule has 5 heteroatoms. The number of aromatic nitrogens is 3. The topological polar surface area (TPSA) is 34.0 Å². The second kappa shape index (κ2) is 4.89. The minimum absolute atomic E-state index is 0.529. The van der Waals surface area contributed by atoms with Crippen LogP contribution in [0.25, 0.3) is 0 Å². The minimum Gasteiger partial charge on any atom is -0.309 e. The lowest BCUT2D eigenvalue weighted by Gasteiger charge is -2.15. The van der Waals surface area contributed by atoms with Gasteiger partial charge in [0, 0.05) is 24.0 Å². The summed E-state index contributed by atoms with van der Waals surface area (Å²) in [4.78, 5) is 2.23. The normalized spacial score (nSPS) is 14.2. The van der Waals surface area contributed by atoms with Gasteiger partial charge in [0.15, 0.2) is 5.16 Å². The molecule has 0 saturated heterocycles. The molecule has 0 fully saturated rings. The zero-order valence-corrected chi connectivity index (χ0v) is 12.3. The highest BCUT2D eigenvalue weighted by molar-refractivity contribution is 7.99. The summed E-state index contributed by atoms with van der Waals surface area (Å²) in [6, 6.07) is 8.57. The van der Waals surface area contributed by atoms with Gasteiger partial charge in [0.1, 0.15) is 0 Å². The van der Waals surface area contributed by atoms with Crippen molar-refractivity contribution < 1.29 is 0 Å². The Hall–Kier alpha value is -1.49. The number of hydrogen-bond acceptors (Lipinski definition) is 4. The van der Waals surface area contributed by atoms with E-state index in [2.05, 4.69) is 64.7 Å². The second-order valence-electron chi connectivity index (χ2n) is 5.09. The Morgan fingerprint density at radius 1 is 1.11 bits per heavy atom. The average Bonchev–Trinajstić information content (AvgIpc) is 2.93. The summed E-state index contributed by atoms with van der Waals surface area (Å²) >= 11 is 1.77. The van der Waals surface area contributed by atoms with Crippen LogP contribution in [0.4, 0.5) is 11.6 Å². The van der Waals surface area contributed by atoms with Crippen LogP contribution in [0.1, 0.15) is 19.4 Å². The Morgan fingerprint density at radius 2 is 1.84 bits per heavy atom. The molecule has 0 unspecified atom stereocenters. The molecule has 2 aromatic rings. The molecule has 1 aromatic heterocycles. The third kappa shape index (κ3) is 2.34. The summed E-state index contributed by atoms with van der Waals surface area (Å²) < 4.78 is 2.21. The summed E-state index contributed by atoms with van der Waals surface area (Å²) in [6.45, 7) is 8.40. The van der Waals surface area contributed by atoms with Crippen molar-refractivity contribution in [3.05, 3.63) is 29.8 Å². The monoisotopic (exact) mass is 274 g/mol. The van der Waals surface area contributed by atoms with Crippen LogP contribution in [-0.2, 0) is 6.54 Å². The third-order valence-electron chi connectivity index (χ3n) is 3.17. The van der Waals surface area contributed by atoms with Gasteiger partial charge in [-0.15, -0.1) is 10.2 Å². The molecule has 0 saturated carbocycles. The summed E-state index contributed by atoms with van der Waals surface area (Å²) in [5.41, 5.74) is 2.47. The lowest BCUT2D eigenvalue weighted by molar-refractivity contribution is 0.702. The second-order valence-corrected chi connectivity index (χ2v) is 6.63. The molecule has 0 bridgehead atoms. The molecular weight excluding hydrogens is 256 g/mol. The van der Waals surface area contributed by atoms with Gasteiger partial charge >= 0.3 is 0 Å². The van der Waals surface area contributed by atoms with E-state index in [1.165, 1.54) is 11.3 Å². The van der Waals surface area contributed by atoms with Crippen molar-refractivity contribution in [3.8, 4) is 0 Å². The molecule has 19 heavy (non-hydrogen) atoms. The molecule has 3 rings (SSSR count). The highest BCUT2D eigenvalue weighted by Gasteiger charge is 2.26. The van der Waals surface area contributed by atoms with Crippen LogP contribution >= 0.6 is 11.8 Å². The first kappa shape index (κ1) is 12.5. The highest BCUT2D eigenvalue weighted by Crippen LogP contribution is 2.33. The Kier molecular flexibility index (Phi) is 3.22. The van der Waals surface area contributed by atoms with Crippen molar-refractivity contribution in [2.45, 2.75) is 37.7 Å². The lowest BCUT2D eigenvalue weighted by atomic mass is 10.2. The third-order valence-corrected chi connectivity index (χ3v) is 4.16. The fraction of sp³-hybridized carbons (Fsp3) is 0.429. The van der Waals surface area contributed by atoms with Crippen LogP contribution in [0.3, 0.4) is 0 Å². The fourth-order valence-electron chi connectivity index (χ4n) is 2.24. The van der Waals surface area contributed by atoms with Gasteiger partial charge in [0.2, 0.25) is 5.95 Å². The molecule has 0 radical (unpaired) electrons. The zero-order chi connectivity index (χ0) is 13.4. The predicted octanol–water partition coefficient (Wildman–Crippen LogP) is 3.24. The smallest absolute Gasteiger partial charge is 0.232 e. The number of thioether (sulfide) groups is 1. The zero-order valence-electron chi connectivity index (χ0n) is 11.5. The Bertz CT molecular complexity index is 574. The number of nitrogens with zero attached hydrogens (tertiary/aromatic N) is 4.